The first-order chi connectivity index (χ1) is 11.0. The molecule has 3 heteroatoms. The summed E-state index contributed by atoms with van der Waals surface area (Å²) in [7, 11) is 0. The van der Waals surface area contributed by atoms with Crippen LogP contribution in [-0.4, -0.2) is 0 Å². The van der Waals surface area contributed by atoms with Crippen molar-refractivity contribution >= 4 is 0 Å². The summed E-state index contributed by atoms with van der Waals surface area (Å²) in [5, 5.41) is 0. The quantitative estimate of drug-likeness (QED) is 0.364. The minimum absolute atomic E-state index is 0.269. The number of alkyl halides is 3. The minimum Gasteiger partial charge on any atom is -0.166 e. The van der Waals surface area contributed by atoms with Crippen molar-refractivity contribution in [2.24, 2.45) is 0 Å². The third-order valence-electron chi connectivity index (χ3n) is 4.50. The van der Waals surface area contributed by atoms with Gasteiger partial charge in [0, 0.05) is 0 Å². The second-order valence-electron chi connectivity index (χ2n) is 6.52. The molecule has 23 heavy (non-hydrogen) atoms. The van der Waals surface area contributed by atoms with Crippen LogP contribution in [0.4, 0.5) is 13.2 Å². The maximum absolute atomic E-state index is 12.9. The van der Waals surface area contributed by atoms with Crippen LogP contribution in [0.5, 0.6) is 0 Å². The summed E-state index contributed by atoms with van der Waals surface area (Å²) in [5.41, 5.74) is 0.356. The van der Waals surface area contributed by atoms with Crippen molar-refractivity contribution in [3.05, 3.63) is 35.4 Å². The molecule has 0 aliphatic carbocycles. The van der Waals surface area contributed by atoms with Crippen LogP contribution < -0.4 is 0 Å². The summed E-state index contributed by atoms with van der Waals surface area (Å²) in [4.78, 5) is 0. The molecule has 0 radical (unpaired) electrons. The zero-order chi connectivity index (χ0) is 17.1. The van der Waals surface area contributed by atoms with Crippen LogP contribution in [-0.2, 0) is 6.18 Å². The van der Waals surface area contributed by atoms with Gasteiger partial charge in [0.05, 0.1) is 5.56 Å². The van der Waals surface area contributed by atoms with Crippen LogP contribution in [0.1, 0.15) is 95.1 Å². The molecule has 0 saturated heterocycles. The second kappa shape index (κ2) is 10.7. The van der Waals surface area contributed by atoms with E-state index in [0.29, 0.717) is 0 Å². The van der Waals surface area contributed by atoms with E-state index in [4.69, 9.17) is 0 Å². The molecule has 0 aliphatic rings. The Morgan fingerprint density at radius 2 is 1.39 bits per heavy atom. The zero-order valence-corrected chi connectivity index (χ0v) is 14.6. The highest BCUT2D eigenvalue weighted by Gasteiger charge is 2.30. The first-order valence-corrected chi connectivity index (χ1v) is 9.16. The van der Waals surface area contributed by atoms with Crippen molar-refractivity contribution in [3.63, 3.8) is 0 Å². The Morgan fingerprint density at radius 3 is 1.87 bits per heavy atom. The molecule has 0 unspecified atom stereocenters. The summed E-state index contributed by atoms with van der Waals surface area (Å²) < 4.78 is 38.8. The van der Waals surface area contributed by atoms with Crippen molar-refractivity contribution < 1.29 is 13.2 Å². The van der Waals surface area contributed by atoms with E-state index in [1.807, 2.05) is 6.07 Å². The topological polar surface area (TPSA) is 0 Å². The maximum atomic E-state index is 12.9. The highest BCUT2D eigenvalue weighted by atomic mass is 19.4. The predicted octanol–water partition coefficient (Wildman–Crippen LogP) is 7.73. The fourth-order valence-corrected chi connectivity index (χ4v) is 3.08. The lowest BCUT2D eigenvalue weighted by Gasteiger charge is -2.19. The van der Waals surface area contributed by atoms with Gasteiger partial charge in [-0.1, -0.05) is 83.4 Å². The van der Waals surface area contributed by atoms with Crippen molar-refractivity contribution in [2.45, 2.75) is 90.1 Å². The molecule has 0 atom stereocenters. The van der Waals surface area contributed by atoms with Gasteiger partial charge < -0.3 is 0 Å². The molecule has 0 N–H and O–H groups in total. The van der Waals surface area contributed by atoms with Gasteiger partial charge in [-0.15, -0.1) is 0 Å². The Hall–Kier alpha value is -0.990. The number of halogens is 3. The van der Waals surface area contributed by atoms with E-state index in [0.717, 1.165) is 31.2 Å². The normalized spacial score (nSPS) is 12.1. The summed E-state index contributed by atoms with van der Waals surface area (Å²) >= 11 is 0. The van der Waals surface area contributed by atoms with E-state index < -0.39 is 11.7 Å². The smallest absolute Gasteiger partial charge is 0.166 e. The number of benzene rings is 1. The van der Waals surface area contributed by atoms with Crippen molar-refractivity contribution in [1.82, 2.24) is 0 Å². The molecule has 1 aromatic carbocycles. The van der Waals surface area contributed by atoms with E-state index in [-0.39, 0.29) is 5.92 Å². The molecule has 132 valence electrons. The number of hydrogen-bond acceptors (Lipinski definition) is 0. The molecule has 1 aromatic rings. The number of rotatable bonds is 11. The number of hydrogen-bond donors (Lipinski definition) is 0. The van der Waals surface area contributed by atoms with E-state index in [1.54, 1.807) is 6.07 Å². The fraction of sp³-hybridized carbons (Fsp3) is 0.700. The lowest BCUT2D eigenvalue weighted by molar-refractivity contribution is -0.137. The van der Waals surface area contributed by atoms with Gasteiger partial charge in [-0.05, 0) is 30.4 Å². The molecule has 0 spiro atoms. The van der Waals surface area contributed by atoms with Gasteiger partial charge in [0.1, 0.15) is 0 Å². The monoisotopic (exact) mass is 328 g/mol. The van der Waals surface area contributed by atoms with Crippen LogP contribution in [0.2, 0.25) is 0 Å². The van der Waals surface area contributed by atoms with Crippen LogP contribution in [0.3, 0.4) is 0 Å². The third kappa shape index (κ3) is 7.90. The van der Waals surface area contributed by atoms with Crippen LogP contribution in [0.25, 0.3) is 0 Å². The van der Waals surface area contributed by atoms with Crippen LogP contribution >= 0.6 is 0 Å². The van der Waals surface area contributed by atoms with Gasteiger partial charge in [0.15, 0.2) is 0 Å². The Balaban J connectivity index is 2.72. The molecular formula is C20H31F3. The lowest BCUT2D eigenvalue weighted by Crippen LogP contribution is -2.07. The zero-order valence-electron chi connectivity index (χ0n) is 14.6. The maximum Gasteiger partial charge on any atom is 0.416 e. The molecule has 0 aliphatic heterocycles. The van der Waals surface area contributed by atoms with Gasteiger partial charge in [-0.3, -0.25) is 0 Å². The third-order valence-corrected chi connectivity index (χ3v) is 4.50. The van der Waals surface area contributed by atoms with Gasteiger partial charge in [-0.2, -0.15) is 13.2 Å². The first-order valence-electron chi connectivity index (χ1n) is 9.16. The summed E-state index contributed by atoms with van der Waals surface area (Å²) in [6.45, 7) is 4.35. The van der Waals surface area contributed by atoms with Gasteiger partial charge in [0.25, 0.3) is 0 Å². The van der Waals surface area contributed by atoms with E-state index >= 15 is 0 Å². The van der Waals surface area contributed by atoms with Crippen LogP contribution in [0, 0.1) is 0 Å². The summed E-state index contributed by atoms with van der Waals surface area (Å²) in [6.07, 6.45) is 7.16. The van der Waals surface area contributed by atoms with Crippen molar-refractivity contribution in [2.75, 3.05) is 0 Å². The molecular weight excluding hydrogens is 297 g/mol. The van der Waals surface area contributed by atoms with Gasteiger partial charge in [0.2, 0.25) is 0 Å². The molecule has 0 bridgehead atoms. The second-order valence-corrected chi connectivity index (χ2v) is 6.52. The SMILES string of the molecule is CCCCCCC(CCCCCC)c1cccc(C(F)(F)F)c1. The van der Waals surface area contributed by atoms with E-state index in [9.17, 15) is 13.2 Å². The Kier molecular flexibility index (Phi) is 9.35. The summed E-state index contributed by atoms with van der Waals surface area (Å²) in [5.74, 6) is 0.269. The molecule has 0 heterocycles. The lowest BCUT2D eigenvalue weighted by atomic mass is 9.87. The fourth-order valence-electron chi connectivity index (χ4n) is 3.08. The highest BCUT2D eigenvalue weighted by molar-refractivity contribution is 5.28. The van der Waals surface area contributed by atoms with Gasteiger partial charge >= 0.3 is 6.18 Å². The standard InChI is InChI=1S/C20H31F3/c1-3-5-7-9-12-17(13-10-8-6-4-2)18-14-11-15-19(16-18)20(21,22)23/h11,14-17H,3-10,12-13H2,1-2H3. The van der Waals surface area contributed by atoms with Gasteiger partial charge in [-0.25, -0.2) is 0 Å². The molecule has 0 saturated carbocycles. The average Bonchev–Trinajstić information content (AvgIpc) is 2.53. The van der Waals surface area contributed by atoms with Crippen LogP contribution in [0.15, 0.2) is 24.3 Å². The molecule has 0 nitrogen and oxygen atoms in total. The summed E-state index contributed by atoms with van der Waals surface area (Å²) in [6, 6.07) is 5.97. The molecule has 0 aromatic heterocycles. The van der Waals surface area contributed by atoms with E-state index in [1.165, 1.54) is 50.7 Å². The molecule has 0 fully saturated rings. The molecule has 1 rings (SSSR count). The first kappa shape index (κ1) is 20.1. The van der Waals surface area contributed by atoms with Crippen molar-refractivity contribution in [1.29, 1.82) is 0 Å². The van der Waals surface area contributed by atoms with E-state index in [2.05, 4.69) is 13.8 Å². The Morgan fingerprint density at radius 1 is 0.826 bits per heavy atom. The minimum atomic E-state index is -4.25. The van der Waals surface area contributed by atoms with Crippen molar-refractivity contribution in [3.8, 4) is 0 Å². The highest BCUT2D eigenvalue weighted by Crippen LogP contribution is 2.34. The number of unbranched alkanes of at least 4 members (excludes halogenated alkanes) is 6. The average molecular weight is 328 g/mol. The largest absolute Gasteiger partial charge is 0.416 e. The molecule has 0 amide bonds. The Bertz CT molecular complexity index is 411. The predicted molar refractivity (Wildman–Crippen MR) is 91.7 cm³/mol. The Labute approximate surface area is 139 Å².